The fraction of sp³-hybridized carbons (Fsp3) is 1.00. The Bertz CT molecular complexity index is 389. The molecule has 0 heterocycles. The van der Waals surface area contributed by atoms with Crippen LogP contribution in [-0.4, -0.2) is 52.3 Å². The highest BCUT2D eigenvalue weighted by atomic mass is 28.2. The van der Waals surface area contributed by atoms with Crippen molar-refractivity contribution in [3.8, 4) is 0 Å². The summed E-state index contributed by atoms with van der Waals surface area (Å²) in [5, 5.41) is 0. The molecule has 0 aromatic carbocycles. The molecule has 0 aromatic heterocycles. The Hall–Kier alpha value is 0.274. The first kappa shape index (κ1) is 28.3. The van der Waals surface area contributed by atoms with Gasteiger partial charge in [-0.15, -0.1) is 0 Å². The molecule has 0 radical (unpaired) electrons. The Morgan fingerprint density at radius 2 is 0.571 bits per heavy atom. The van der Waals surface area contributed by atoms with Crippen molar-refractivity contribution in [3.63, 3.8) is 0 Å². The van der Waals surface area contributed by atoms with Crippen LogP contribution >= 0.6 is 0 Å². The minimum Gasteiger partial charge on any atom is -0.349 e. The number of hydrogen-bond acceptors (Lipinski definition) is 4. The molecular formula is C22H50O4Si2. The highest BCUT2D eigenvalue weighted by Crippen LogP contribution is 2.29. The third-order valence-electron chi connectivity index (χ3n) is 3.60. The third kappa shape index (κ3) is 15.2. The minimum atomic E-state index is -0.604. The second-order valence-electron chi connectivity index (χ2n) is 12.3. The fourth-order valence-electron chi connectivity index (χ4n) is 3.73. The van der Waals surface area contributed by atoms with Crippen LogP contribution in [0.2, 0.25) is 12.1 Å². The molecule has 0 N–H and O–H groups in total. The third-order valence-corrected chi connectivity index (χ3v) is 8.70. The summed E-state index contributed by atoms with van der Waals surface area (Å²) in [6, 6.07) is 2.34. The highest BCUT2D eigenvalue weighted by Gasteiger charge is 2.37. The molecule has 6 heteroatoms. The zero-order valence-electron chi connectivity index (χ0n) is 21.5. The molecular weight excluding hydrogens is 384 g/mol. The van der Waals surface area contributed by atoms with E-state index in [1.165, 1.54) is 12.1 Å². The lowest BCUT2D eigenvalue weighted by Gasteiger charge is -2.42. The predicted molar refractivity (Wildman–Crippen MR) is 127 cm³/mol. The topological polar surface area (TPSA) is 36.9 Å². The van der Waals surface area contributed by atoms with Crippen molar-refractivity contribution in [2.75, 3.05) is 0 Å². The average molecular weight is 435 g/mol. The smallest absolute Gasteiger partial charge is 0.143 e. The molecule has 28 heavy (non-hydrogen) atoms. The number of ether oxygens (including phenoxy) is 4. The number of rotatable bonds is 9. The molecule has 0 fully saturated rings. The van der Waals surface area contributed by atoms with Crippen LogP contribution in [0.1, 0.15) is 96.9 Å². The van der Waals surface area contributed by atoms with E-state index >= 15 is 0 Å². The maximum atomic E-state index is 6.39. The summed E-state index contributed by atoms with van der Waals surface area (Å²) < 4.78 is 25.5. The van der Waals surface area contributed by atoms with Gasteiger partial charge in [-0.1, -0.05) is 12.1 Å². The number of hydrogen-bond donors (Lipinski definition) is 0. The van der Waals surface area contributed by atoms with Crippen LogP contribution in [0, 0.1) is 0 Å². The molecule has 0 saturated heterocycles. The second kappa shape index (κ2) is 9.60. The van der Waals surface area contributed by atoms with Gasteiger partial charge in [0.1, 0.15) is 10.8 Å². The van der Waals surface area contributed by atoms with Crippen LogP contribution in [0.25, 0.3) is 0 Å². The first-order valence-corrected chi connectivity index (χ1v) is 14.3. The summed E-state index contributed by atoms with van der Waals surface area (Å²) >= 11 is 0. The van der Waals surface area contributed by atoms with Crippen LogP contribution in [0.3, 0.4) is 0 Å². The van der Waals surface area contributed by atoms with E-state index in [4.69, 9.17) is 18.9 Å². The van der Waals surface area contributed by atoms with Crippen molar-refractivity contribution < 1.29 is 18.9 Å². The van der Waals surface area contributed by atoms with E-state index in [-0.39, 0.29) is 22.4 Å². The molecule has 0 aliphatic carbocycles. The van der Waals surface area contributed by atoms with E-state index in [0.717, 1.165) is 0 Å². The predicted octanol–water partition coefficient (Wildman–Crippen LogP) is 4.77. The fourth-order valence-corrected chi connectivity index (χ4v) is 9.15. The Kier molecular flexibility index (Phi) is 9.70. The van der Waals surface area contributed by atoms with Gasteiger partial charge in [-0.3, -0.25) is 0 Å². The Morgan fingerprint density at radius 3 is 0.714 bits per heavy atom. The van der Waals surface area contributed by atoms with Gasteiger partial charge < -0.3 is 18.9 Å². The van der Waals surface area contributed by atoms with E-state index in [9.17, 15) is 0 Å². The van der Waals surface area contributed by atoms with Crippen LogP contribution in [-0.2, 0) is 18.9 Å². The SMILES string of the molecule is CC(C)(C)OC(C)(OC(C)(C)C)[SiH2]CC[SiH2]C(C)(OC(C)(C)C)OC(C)(C)C. The largest absolute Gasteiger partial charge is 0.349 e. The van der Waals surface area contributed by atoms with Crippen LogP contribution in [0.5, 0.6) is 0 Å². The highest BCUT2D eigenvalue weighted by molar-refractivity contribution is 6.45. The van der Waals surface area contributed by atoms with Crippen molar-refractivity contribution in [1.29, 1.82) is 0 Å². The van der Waals surface area contributed by atoms with Crippen molar-refractivity contribution in [1.82, 2.24) is 0 Å². The van der Waals surface area contributed by atoms with Gasteiger partial charge in [-0.2, -0.15) is 0 Å². The van der Waals surface area contributed by atoms with E-state index in [1.807, 2.05) is 0 Å². The molecule has 170 valence electrons. The van der Waals surface area contributed by atoms with Crippen LogP contribution in [0.4, 0.5) is 0 Å². The zero-order chi connectivity index (χ0) is 22.7. The van der Waals surface area contributed by atoms with Gasteiger partial charge in [0, 0.05) is 0 Å². The van der Waals surface area contributed by atoms with Crippen molar-refractivity contribution in [2.24, 2.45) is 0 Å². The molecule has 0 amide bonds. The lowest BCUT2D eigenvalue weighted by molar-refractivity contribution is -0.257. The van der Waals surface area contributed by atoms with Gasteiger partial charge in [0.05, 0.1) is 41.4 Å². The average Bonchev–Trinajstić information content (AvgIpc) is 2.24. The Labute approximate surface area is 180 Å². The molecule has 0 aromatic rings. The van der Waals surface area contributed by atoms with Gasteiger partial charge in [0.25, 0.3) is 0 Å². The van der Waals surface area contributed by atoms with E-state index in [0.29, 0.717) is 0 Å². The molecule has 0 rings (SSSR count). The maximum Gasteiger partial charge on any atom is 0.143 e. The second-order valence-corrected chi connectivity index (χ2v) is 17.3. The molecule has 0 atom stereocenters. The van der Waals surface area contributed by atoms with Gasteiger partial charge >= 0.3 is 0 Å². The molecule has 0 aliphatic rings. The lowest BCUT2D eigenvalue weighted by Crippen LogP contribution is -2.50. The molecule has 0 saturated carbocycles. The van der Waals surface area contributed by atoms with Gasteiger partial charge in [-0.05, 0) is 96.9 Å². The van der Waals surface area contributed by atoms with Crippen molar-refractivity contribution >= 4 is 19.0 Å². The van der Waals surface area contributed by atoms with Crippen molar-refractivity contribution in [2.45, 2.75) is 142 Å². The van der Waals surface area contributed by atoms with Crippen molar-refractivity contribution in [3.05, 3.63) is 0 Å². The first-order chi connectivity index (χ1) is 12.0. The summed E-state index contributed by atoms with van der Waals surface area (Å²) in [7, 11) is -1.21. The quantitative estimate of drug-likeness (QED) is 0.298. The Balaban J connectivity index is 5.04. The summed E-state index contributed by atoms with van der Waals surface area (Å²) in [5.74, 6) is 0. The van der Waals surface area contributed by atoms with E-state index < -0.39 is 29.9 Å². The molecule has 0 unspecified atom stereocenters. The summed E-state index contributed by atoms with van der Waals surface area (Å²) in [6.45, 7) is 29.5. The molecule has 0 aliphatic heterocycles. The van der Waals surface area contributed by atoms with E-state index in [2.05, 4.69) is 96.9 Å². The summed E-state index contributed by atoms with van der Waals surface area (Å²) in [4.78, 5) is 0. The van der Waals surface area contributed by atoms with Crippen LogP contribution < -0.4 is 0 Å². The maximum absolute atomic E-state index is 6.39. The minimum absolute atomic E-state index is 0.219. The monoisotopic (exact) mass is 434 g/mol. The van der Waals surface area contributed by atoms with Gasteiger partial charge in [-0.25, -0.2) is 0 Å². The van der Waals surface area contributed by atoms with Gasteiger partial charge in [0.15, 0.2) is 0 Å². The summed E-state index contributed by atoms with van der Waals surface area (Å²) in [5.41, 5.74) is -1.80. The van der Waals surface area contributed by atoms with Crippen LogP contribution in [0.15, 0.2) is 0 Å². The molecule has 4 nitrogen and oxygen atoms in total. The zero-order valence-corrected chi connectivity index (χ0v) is 24.3. The first-order valence-electron chi connectivity index (χ1n) is 10.8. The normalized spacial score (nSPS) is 16.1. The summed E-state index contributed by atoms with van der Waals surface area (Å²) in [6.07, 6.45) is 0. The lowest BCUT2D eigenvalue weighted by atomic mass is 10.2. The standard InChI is InChI=1S/C22H50O4Si2/c1-17(2,3)23-21(13,24-18(4,5)6)27-15-16-28-22(14,25-19(7,8)9)26-20(10,11)12/h15-16,27-28H2,1-14H3. The molecule has 0 bridgehead atoms. The Morgan fingerprint density at radius 1 is 0.393 bits per heavy atom. The van der Waals surface area contributed by atoms with E-state index in [1.54, 1.807) is 0 Å². The van der Waals surface area contributed by atoms with Gasteiger partial charge in [0.2, 0.25) is 0 Å². The molecule has 0 spiro atoms.